The lowest BCUT2D eigenvalue weighted by atomic mass is 10.1. The fourth-order valence-electron chi connectivity index (χ4n) is 2.07. The molecule has 4 heteroatoms. The Hall–Kier alpha value is -2.13. The van der Waals surface area contributed by atoms with Gasteiger partial charge in [-0.05, 0) is 30.7 Å². The molecule has 0 spiro atoms. The van der Waals surface area contributed by atoms with Crippen LogP contribution >= 0.6 is 11.6 Å². The zero-order valence-corrected chi connectivity index (χ0v) is 11.0. The summed E-state index contributed by atoms with van der Waals surface area (Å²) in [4.78, 5) is 12.4. The van der Waals surface area contributed by atoms with Gasteiger partial charge in [-0.15, -0.1) is 0 Å². The lowest BCUT2D eigenvalue weighted by molar-refractivity contribution is 1.07. The second-order valence-electron chi connectivity index (χ2n) is 4.43. The molecule has 0 aliphatic rings. The minimum atomic E-state index is -0.111. The van der Waals surface area contributed by atoms with E-state index in [1.54, 1.807) is 6.07 Å². The van der Waals surface area contributed by atoms with Crippen LogP contribution in [0.2, 0.25) is 5.02 Å². The van der Waals surface area contributed by atoms with Gasteiger partial charge in [0.25, 0.3) is 0 Å². The van der Waals surface area contributed by atoms with Gasteiger partial charge in [-0.1, -0.05) is 35.9 Å². The number of halogens is 1. The standard InChI is InChI=1S/C15H11ClN2O/c1-9-6-7-10(12(16)8-9)14-15(19)11-4-2-3-5-13(11)17-18-14/h2-8H,1H3,(H,17,19). The Balaban J connectivity index is 2.31. The van der Waals surface area contributed by atoms with E-state index in [4.69, 9.17) is 11.6 Å². The molecule has 1 aromatic heterocycles. The van der Waals surface area contributed by atoms with Crippen LogP contribution in [0, 0.1) is 6.92 Å². The highest BCUT2D eigenvalue weighted by Gasteiger charge is 2.11. The van der Waals surface area contributed by atoms with Crippen molar-refractivity contribution in [3.8, 4) is 11.3 Å². The number of rotatable bonds is 1. The number of aromatic amines is 1. The molecule has 0 radical (unpaired) electrons. The second-order valence-corrected chi connectivity index (χ2v) is 4.84. The van der Waals surface area contributed by atoms with Crippen molar-refractivity contribution in [2.45, 2.75) is 6.92 Å². The highest BCUT2D eigenvalue weighted by Crippen LogP contribution is 2.25. The van der Waals surface area contributed by atoms with E-state index in [2.05, 4.69) is 10.2 Å². The van der Waals surface area contributed by atoms with Crippen molar-refractivity contribution in [1.29, 1.82) is 0 Å². The molecular weight excluding hydrogens is 260 g/mol. The Morgan fingerprint density at radius 1 is 1.16 bits per heavy atom. The SMILES string of the molecule is Cc1ccc(-c2n[nH]c3ccccc3c2=O)c(Cl)c1. The van der Waals surface area contributed by atoms with Gasteiger partial charge in [-0.2, -0.15) is 5.10 Å². The van der Waals surface area contributed by atoms with Crippen LogP contribution in [0.15, 0.2) is 47.3 Å². The smallest absolute Gasteiger partial charge is 0.215 e. The molecule has 19 heavy (non-hydrogen) atoms. The summed E-state index contributed by atoms with van der Waals surface area (Å²) < 4.78 is 0. The van der Waals surface area contributed by atoms with Gasteiger partial charge < -0.3 is 0 Å². The summed E-state index contributed by atoms with van der Waals surface area (Å²) in [5.74, 6) is 0. The summed E-state index contributed by atoms with van der Waals surface area (Å²) in [5.41, 5.74) is 2.66. The molecule has 0 saturated heterocycles. The number of aromatic nitrogens is 2. The lowest BCUT2D eigenvalue weighted by Gasteiger charge is -2.05. The predicted molar refractivity (Wildman–Crippen MR) is 77.5 cm³/mol. The van der Waals surface area contributed by atoms with Crippen molar-refractivity contribution in [2.75, 3.05) is 0 Å². The van der Waals surface area contributed by atoms with E-state index < -0.39 is 0 Å². The number of nitrogens with one attached hydrogen (secondary N) is 1. The third-order valence-corrected chi connectivity index (χ3v) is 3.37. The Morgan fingerprint density at radius 2 is 1.95 bits per heavy atom. The van der Waals surface area contributed by atoms with Crippen LogP contribution in [0.4, 0.5) is 0 Å². The first kappa shape index (κ1) is 11.9. The third kappa shape index (κ3) is 2.02. The first-order valence-corrected chi connectivity index (χ1v) is 6.28. The summed E-state index contributed by atoms with van der Waals surface area (Å²) in [7, 11) is 0. The van der Waals surface area contributed by atoms with E-state index >= 15 is 0 Å². The topological polar surface area (TPSA) is 45.8 Å². The molecule has 0 amide bonds. The van der Waals surface area contributed by atoms with Crippen LogP contribution in [0.25, 0.3) is 22.2 Å². The molecule has 3 aromatic rings. The minimum absolute atomic E-state index is 0.111. The molecule has 3 nitrogen and oxygen atoms in total. The van der Waals surface area contributed by atoms with Gasteiger partial charge >= 0.3 is 0 Å². The molecule has 94 valence electrons. The quantitative estimate of drug-likeness (QED) is 0.735. The zero-order valence-electron chi connectivity index (χ0n) is 10.3. The molecule has 0 bridgehead atoms. The number of H-pyrrole nitrogens is 1. The van der Waals surface area contributed by atoms with Gasteiger partial charge in [0.05, 0.1) is 10.5 Å². The molecule has 0 aliphatic heterocycles. The zero-order chi connectivity index (χ0) is 13.4. The van der Waals surface area contributed by atoms with Gasteiger partial charge in [-0.25, -0.2) is 0 Å². The monoisotopic (exact) mass is 270 g/mol. The van der Waals surface area contributed by atoms with Gasteiger partial charge in [-0.3, -0.25) is 9.89 Å². The molecule has 1 heterocycles. The lowest BCUT2D eigenvalue weighted by Crippen LogP contribution is -2.09. The fourth-order valence-corrected chi connectivity index (χ4v) is 2.39. The number of hydrogen-bond acceptors (Lipinski definition) is 2. The van der Waals surface area contributed by atoms with Crippen LogP contribution < -0.4 is 5.43 Å². The maximum atomic E-state index is 12.4. The Labute approximate surface area is 114 Å². The van der Waals surface area contributed by atoms with E-state index in [-0.39, 0.29) is 5.43 Å². The molecule has 1 N–H and O–H groups in total. The van der Waals surface area contributed by atoms with Crippen LogP contribution in [0.3, 0.4) is 0 Å². The molecule has 3 rings (SSSR count). The molecule has 0 unspecified atom stereocenters. The van der Waals surface area contributed by atoms with Crippen LogP contribution in [-0.4, -0.2) is 10.2 Å². The molecule has 0 saturated carbocycles. The molecule has 2 aromatic carbocycles. The first-order valence-electron chi connectivity index (χ1n) is 5.91. The largest absolute Gasteiger partial charge is 0.287 e. The number of benzene rings is 2. The number of hydrogen-bond donors (Lipinski definition) is 1. The van der Waals surface area contributed by atoms with Gasteiger partial charge in [0.1, 0.15) is 5.69 Å². The summed E-state index contributed by atoms with van der Waals surface area (Å²) >= 11 is 6.19. The van der Waals surface area contributed by atoms with Gasteiger partial charge in [0, 0.05) is 10.9 Å². The van der Waals surface area contributed by atoms with E-state index in [0.717, 1.165) is 11.1 Å². The van der Waals surface area contributed by atoms with Crippen molar-refractivity contribution in [2.24, 2.45) is 0 Å². The van der Waals surface area contributed by atoms with Gasteiger partial charge in [0.2, 0.25) is 5.43 Å². The predicted octanol–water partition coefficient (Wildman–Crippen LogP) is 3.55. The second kappa shape index (κ2) is 4.52. The number of fused-ring (bicyclic) bond motifs is 1. The maximum Gasteiger partial charge on any atom is 0.215 e. The highest BCUT2D eigenvalue weighted by atomic mass is 35.5. The summed E-state index contributed by atoms with van der Waals surface area (Å²) in [6.45, 7) is 1.95. The van der Waals surface area contributed by atoms with Crippen molar-refractivity contribution >= 4 is 22.5 Å². The van der Waals surface area contributed by atoms with Gasteiger partial charge in [0.15, 0.2) is 0 Å². The maximum absolute atomic E-state index is 12.4. The average molecular weight is 271 g/mol. The Kier molecular flexibility index (Phi) is 2.84. The number of aryl methyl sites for hydroxylation is 1. The van der Waals surface area contributed by atoms with Crippen molar-refractivity contribution in [3.63, 3.8) is 0 Å². The summed E-state index contributed by atoms with van der Waals surface area (Å²) in [6, 6.07) is 12.9. The third-order valence-electron chi connectivity index (χ3n) is 3.05. The molecule has 0 atom stereocenters. The Morgan fingerprint density at radius 3 is 2.74 bits per heavy atom. The van der Waals surface area contributed by atoms with Crippen LogP contribution in [0.5, 0.6) is 0 Å². The number of para-hydroxylation sites is 1. The Bertz CT molecular complexity index is 824. The minimum Gasteiger partial charge on any atom is -0.287 e. The van der Waals surface area contributed by atoms with Crippen molar-refractivity contribution in [1.82, 2.24) is 10.2 Å². The average Bonchev–Trinajstić information content (AvgIpc) is 2.41. The molecule has 0 aliphatic carbocycles. The van der Waals surface area contributed by atoms with E-state index in [1.165, 1.54) is 0 Å². The first-order chi connectivity index (χ1) is 9.16. The normalized spacial score (nSPS) is 10.8. The summed E-state index contributed by atoms with van der Waals surface area (Å²) in [6.07, 6.45) is 0. The highest BCUT2D eigenvalue weighted by molar-refractivity contribution is 6.33. The summed E-state index contributed by atoms with van der Waals surface area (Å²) in [5, 5.41) is 8.19. The number of nitrogens with zero attached hydrogens (tertiary/aromatic N) is 1. The van der Waals surface area contributed by atoms with Crippen LogP contribution in [-0.2, 0) is 0 Å². The van der Waals surface area contributed by atoms with Crippen molar-refractivity contribution in [3.05, 3.63) is 63.3 Å². The van der Waals surface area contributed by atoms with Crippen molar-refractivity contribution < 1.29 is 0 Å². The van der Waals surface area contributed by atoms with E-state index in [1.807, 2.05) is 43.3 Å². The fraction of sp³-hybridized carbons (Fsp3) is 0.0667. The molecular formula is C15H11ClN2O. The van der Waals surface area contributed by atoms with E-state index in [9.17, 15) is 4.79 Å². The van der Waals surface area contributed by atoms with E-state index in [0.29, 0.717) is 21.7 Å². The molecule has 0 fully saturated rings. The van der Waals surface area contributed by atoms with Crippen LogP contribution in [0.1, 0.15) is 5.56 Å².